The molecule has 1 spiro atoms. The van der Waals surface area contributed by atoms with Crippen molar-refractivity contribution in [2.24, 2.45) is 5.92 Å². The van der Waals surface area contributed by atoms with E-state index in [2.05, 4.69) is 12.2 Å². The largest absolute Gasteiger partial charge is 0.325 e. The minimum atomic E-state index is -0.788. The summed E-state index contributed by atoms with van der Waals surface area (Å²) >= 11 is 0. The highest BCUT2D eigenvalue weighted by Crippen LogP contribution is 2.36. The van der Waals surface area contributed by atoms with Gasteiger partial charge in [-0.2, -0.15) is 0 Å². The molecule has 0 radical (unpaired) electrons. The molecule has 138 valence electrons. The predicted octanol–water partition coefficient (Wildman–Crippen LogP) is 2.47. The van der Waals surface area contributed by atoms with Crippen LogP contribution in [0.15, 0.2) is 24.3 Å². The average molecular weight is 355 g/mol. The van der Waals surface area contributed by atoms with Gasteiger partial charge in [-0.05, 0) is 56.1 Å². The van der Waals surface area contributed by atoms with Crippen LogP contribution in [0.5, 0.6) is 0 Å². The number of nitrogens with one attached hydrogen (secondary N) is 1. The van der Waals surface area contributed by atoms with Crippen molar-refractivity contribution in [1.82, 2.24) is 10.2 Å². The maximum absolute atomic E-state index is 12.9. The molecular weight excluding hydrogens is 330 g/mol. The van der Waals surface area contributed by atoms with E-state index in [4.69, 9.17) is 0 Å². The first-order valence-electron chi connectivity index (χ1n) is 9.52. The van der Waals surface area contributed by atoms with E-state index in [1.165, 1.54) is 0 Å². The summed E-state index contributed by atoms with van der Waals surface area (Å²) < 4.78 is 0. The van der Waals surface area contributed by atoms with Gasteiger partial charge < -0.3 is 10.2 Å². The molecule has 0 atom stereocenters. The number of imide groups is 1. The Morgan fingerprint density at radius 2 is 1.96 bits per heavy atom. The highest BCUT2D eigenvalue weighted by molar-refractivity contribution is 6.10. The molecule has 1 aromatic carbocycles. The first-order valence-corrected chi connectivity index (χ1v) is 9.52. The standard InChI is InChI=1S/C20H25N3O3/c1-14-8-10-20(11-9-14)18(25)23(19(26)21-20)13-17(24)22-12-4-6-15-5-2-3-7-16(15)22/h2-3,5,7,14H,4,6,8-13H2,1H3,(H,21,26). The number of carbonyl (C=O) groups is 3. The molecule has 1 aromatic rings. The van der Waals surface area contributed by atoms with Crippen molar-refractivity contribution < 1.29 is 14.4 Å². The van der Waals surface area contributed by atoms with Crippen LogP contribution in [0.4, 0.5) is 10.5 Å². The number of rotatable bonds is 2. The van der Waals surface area contributed by atoms with Gasteiger partial charge >= 0.3 is 6.03 Å². The van der Waals surface area contributed by atoms with E-state index in [1.807, 2.05) is 24.3 Å². The number of carbonyl (C=O) groups excluding carboxylic acids is 3. The van der Waals surface area contributed by atoms with E-state index in [-0.39, 0.29) is 18.4 Å². The second-order valence-corrected chi connectivity index (χ2v) is 7.86. The number of aryl methyl sites for hydroxylation is 1. The molecule has 0 bridgehead atoms. The summed E-state index contributed by atoms with van der Waals surface area (Å²) in [7, 11) is 0. The Kier molecular flexibility index (Phi) is 4.21. The lowest BCUT2D eigenvalue weighted by atomic mass is 9.77. The van der Waals surface area contributed by atoms with Gasteiger partial charge in [-0.1, -0.05) is 25.1 Å². The van der Waals surface area contributed by atoms with Crippen LogP contribution in [0.3, 0.4) is 0 Å². The van der Waals surface area contributed by atoms with Crippen molar-refractivity contribution in [3.05, 3.63) is 29.8 Å². The summed E-state index contributed by atoms with van der Waals surface area (Å²) in [5.74, 6) is 0.154. The number of amides is 4. The molecule has 1 N–H and O–H groups in total. The first kappa shape index (κ1) is 17.1. The third-order valence-corrected chi connectivity index (χ3v) is 6.08. The summed E-state index contributed by atoms with van der Waals surface area (Å²) in [5, 5.41) is 2.88. The van der Waals surface area contributed by atoms with Crippen molar-refractivity contribution in [2.75, 3.05) is 18.0 Å². The van der Waals surface area contributed by atoms with Crippen LogP contribution in [0.25, 0.3) is 0 Å². The fourth-order valence-electron chi connectivity index (χ4n) is 4.43. The lowest BCUT2D eigenvalue weighted by molar-refractivity contribution is -0.135. The zero-order chi connectivity index (χ0) is 18.3. The van der Waals surface area contributed by atoms with Gasteiger partial charge in [0.1, 0.15) is 12.1 Å². The molecule has 1 aliphatic carbocycles. The molecule has 3 aliphatic rings. The summed E-state index contributed by atoms with van der Waals surface area (Å²) in [6.07, 6.45) is 5.02. The van der Waals surface area contributed by atoms with Crippen molar-refractivity contribution in [3.8, 4) is 0 Å². The Morgan fingerprint density at radius 1 is 1.23 bits per heavy atom. The van der Waals surface area contributed by atoms with Gasteiger partial charge in [0.2, 0.25) is 5.91 Å². The van der Waals surface area contributed by atoms with E-state index >= 15 is 0 Å². The topological polar surface area (TPSA) is 69.7 Å². The Labute approximate surface area is 153 Å². The van der Waals surface area contributed by atoms with Crippen LogP contribution in [0.2, 0.25) is 0 Å². The number of urea groups is 1. The lowest BCUT2D eigenvalue weighted by Gasteiger charge is -2.34. The zero-order valence-corrected chi connectivity index (χ0v) is 15.2. The van der Waals surface area contributed by atoms with Crippen molar-refractivity contribution in [1.29, 1.82) is 0 Å². The number of hydrogen-bond acceptors (Lipinski definition) is 3. The first-order chi connectivity index (χ1) is 12.5. The molecule has 1 saturated carbocycles. The Bertz CT molecular complexity index is 752. The van der Waals surface area contributed by atoms with E-state index in [9.17, 15) is 14.4 Å². The van der Waals surface area contributed by atoms with Crippen molar-refractivity contribution >= 4 is 23.5 Å². The minimum Gasteiger partial charge on any atom is -0.323 e. The highest BCUT2D eigenvalue weighted by atomic mass is 16.2. The number of benzene rings is 1. The molecular formula is C20H25N3O3. The Morgan fingerprint density at radius 3 is 2.73 bits per heavy atom. The van der Waals surface area contributed by atoms with E-state index in [0.29, 0.717) is 25.3 Å². The number of para-hydroxylation sites is 1. The Balaban J connectivity index is 1.50. The van der Waals surface area contributed by atoms with Crippen molar-refractivity contribution in [3.63, 3.8) is 0 Å². The third kappa shape index (κ3) is 2.77. The van der Waals surface area contributed by atoms with Gasteiger partial charge in [-0.3, -0.25) is 14.5 Å². The fourth-order valence-corrected chi connectivity index (χ4v) is 4.43. The second-order valence-electron chi connectivity index (χ2n) is 7.86. The highest BCUT2D eigenvalue weighted by Gasteiger charge is 2.52. The van der Waals surface area contributed by atoms with Crippen LogP contribution in [0, 0.1) is 5.92 Å². The number of anilines is 1. The smallest absolute Gasteiger partial charge is 0.323 e. The molecule has 0 aromatic heterocycles. The van der Waals surface area contributed by atoms with Gasteiger partial charge in [0.05, 0.1) is 0 Å². The van der Waals surface area contributed by atoms with Gasteiger partial charge in [0.25, 0.3) is 5.91 Å². The zero-order valence-electron chi connectivity index (χ0n) is 15.2. The van der Waals surface area contributed by atoms with Crippen molar-refractivity contribution in [2.45, 2.75) is 51.0 Å². The quantitative estimate of drug-likeness (QED) is 0.829. The normalized spacial score (nSPS) is 28.3. The van der Waals surface area contributed by atoms with Gasteiger partial charge in [0, 0.05) is 12.2 Å². The average Bonchev–Trinajstić information content (AvgIpc) is 2.88. The maximum atomic E-state index is 12.9. The molecule has 0 unspecified atom stereocenters. The molecule has 1 saturated heterocycles. The van der Waals surface area contributed by atoms with E-state index in [0.717, 1.165) is 41.8 Å². The predicted molar refractivity (Wildman–Crippen MR) is 97.7 cm³/mol. The van der Waals surface area contributed by atoms with Crippen LogP contribution < -0.4 is 10.2 Å². The summed E-state index contributed by atoms with van der Waals surface area (Å²) in [5.41, 5.74) is 1.25. The fraction of sp³-hybridized carbons (Fsp3) is 0.550. The van der Waals surface area contributed by atoms with Crippen LogP contribution in [-0.2, 0) is 16.0 Å². The number of hydrogen-bond donors (Lipinski definition) is 1. The SMILES string of the molecule is CC1CCC2(CC1)NC(=O)N(CC(=O)N1CCCc3ccccc31)C2=O. The third-order valence-electron chi connectivity index (χ3n) is 6.08. The number of fused-ring (bicyclic) bond motifs is 1. The second kappa shape index (κ2) is 6.41. The van der Waals surface area contributed by atoms with Crippen LogP contribution >= 0.6 is 0 Å². The summed E-state index contributed by atoms with van der Waals surface area (Å²) in [6, 6.07) is 7.42. The maximum Gasteiger partial charge on any atom is 0.325 e. The molecule has 2 heterocycles. The monoisotopic (exact) mass is 355 g/mol. The van der Waals surface area contributed by atoms with Crippen LogP contribution in [-0.4, -0.2) is 41.4 Å². The van der Waals surface area contributed by atoms with E-state index in [1.54, 1.807) is 4.90 Å². The van der Waals surface area contributed by atoms with Gasteiger partial charge in [-0.25, -0.2) is 4.79 Å². The molecule has 6 nitrogen and oxygen atoms in total. The molecule has 4 rings (SSSR count). The van der Waals surface area contributed by atoms with E-state index < -0.39 is 11.6 Å². The molecule has 4 amide bonds. The van der Waals surface area contributed by atoms with Crippen LogP contribution in [0.1, 0.15) is 44.6 Å². The number of nitrogens with zero attached hydrogens (tertiary/aromatic N) is 2. The summed E-state index contributed by atoms with van der Waals surface area (Å²) in [4.78, 5) is 41.1. The minimum absolute atomic E-state index is 0.184. The summed E-state index contributed by atoms with van der Waals surface area (Å²) in [6.45, 7) is 2.61. The molecule has 26 heavy (non-hydrogen) atoms. The van der Waals surface area contributed by atoms with Gasteiger partial charge in [-0.15, -0.1) is 0 Å². The molecule has 6 heteroatoms. The van der Waals surface area contributed by atoms with Gasteiger partial charge in [0.15, 0.2) is 0 Å². The Hall–Kier alpha value is -2.37. The molecule has 2 aliphatic heterocycles. The lowest BCUT2D eigenvalue weighted by Crippen LogP contribution is -2.50. The molecule has 2 fully saturated rings.